The van der Waals surface area contributed by atoms with Crippen molar-refractivity contribution in [3.8, 4) is 5.75 Å². The van der Waals surface area contributed by atoms with Crippen LogP contribution in [0.1, 0.15) is 35.6 Å². The summed E-state index contributed by atoms with van der Waals surface area (Å²) in [6, 6.07) is 12.7. The standard InChI is InChI=1S/C21H23F3N2O2/c1-28-17-8-4-7-16(14-17)19-10-5-13-26(19)20(27)25-12-11-15-6-2-3-9-18(15)21(22,23)24/h2-4,6-9,14,19H,5,10-13H2,1H3,(H,25,27). The van der Waals surface area contributed by atoms with E-state index in [1.165, 1.54) is 12.1 Å². The second-order valence-electron chi connectivity index (χ2n) is 6.76. The van der Waals surface area contributed by atoms with Crippen molar-refractivity contribution in [2.45, 2.75) is 31.5 Å². The topological polar surface area (TPSA) is 41.6 Å². The van der Waals surface area contributed by atoms with E-state index in [0.717, 1.165) is 30.2 Å². The van der Waals surface area contributed by atoms with Gasteiger partial charge in [-0.1, -0.05) is 30.3 Å². The van der Waals surface area contributed by atoms with Crippen LogP contribution in [0.2, 0.25) is 0 Å². The summed E-state index contributed by atoms with van der Waals surface area (Å²) >= 11 is 0. The quantitative estimate of drug-likeness (QED) is 0.794. The largest absolute Gasteiger partial charge is 0.497 e. The van der Waals surface area contributed by atoms with Crippen LogP contribution >= 0.6 is 0 Å². The molecule has 4 nitrogen and oxygen atoms in total. The maximum Gasteiger partial charge on any atom is 0.416 e. The second kappa shape index (κ2) is 8.54. The van der Waals surface area contributed by atoms with Gasteiger partial charge in [0.05, 0.1) is 18.7 Å². The van der Waals surface area contributed by atoms with Crippen LogP contribution < -0.4 is 10.1 Å². The smallest absolute Gasteiger partial charge is 0.416 e. The zero-order chi connectivity index (χ0) is 20.1. The summed E-state index contributed by atoms with van der Waals surface area (Å²) in [6.45, 7) is 0.764. The van der Waals surface area contributed by atoms with Gasteiger partial charge in [-0.2, -0.15) is 13.2 Å². The van der Waals surface area contributed by atoms with E-state index in [9.17, 15) is 18.0 Å². The number of carbonyl (C=O) groups excluding carboxylic acids is 1. The van der Waals surface area contributed by atoms with E-state index in [4.69, 9.17) is 4.74 Å². The van der Waals surface area contributed by atoms with Gasteiger partial charge in [0.25, 0.3) is 0 Å². The van der Waals surface area contributed by atoms with Gasteiger partial charge in [-0.15, -0.1) is 0 Å². The minimum Gasteiger partial charge on any atom is -0.497 e. The number of carbonyl (C=O) groups is 1. The molecule has 1 fully saturated rings. The molecule has 1 atom stereocenters. The van der Waals surface area contributed by atoms with Gasteiger partial charge in [-0.3, -0.25) is 0 Å². The molecule has 0 saturated carbocycles. The van der Waals surface area contributed by atoms with Crippen molar-refractivity contribution in [3.63, 3.8) is 0 Å². The van der Waals surface area contributed by atoms with Gasteiger partial charge in [0.1, 0.15) is 5.75 Å². The molecule has 1 saturated heterocycles. The maximum atomic E-state index is 13.1. The Kier molecular flexibility index (Phi) is 6.11. The lowest BCUT2D eigenvalue weighted by Crippen LogP contribution is -2.40. The molecule has 0 spiro atoms. The van der Waals surface area contributed by atoms with Crippen LogP contribution in [-0.4, -0.2) is 31.1 Å². The highest BCUT2D eigenvalue weighted by molar-refractivity contribution is 5.75. The Bertz CT molecular complexity index is 823. The van der Waals surface area contributed by atoms with Gasteiger partial charge >= 0.3 is 12.2 Å². The molecule has 2 aromatic carbocycles. The van der Waals surface area contributed by atoms with Gasteiger partial charge in [0, 0.05) is 13.1 Å². The predicted octanol–water partition coefficient (Wildman–Crippen LogP) is 4.80. The number of methoxy groups -OCH3 is 1. The number of alkyl halides is 3. The summed E-state index contributed by atoms with van der Waals surface area (Å²) in [5.74, 6) is 0.730. The first-order chi connectivity index (χ1) is 13.4. The zero-order valence-electron chi connectivity index (χ0n) is 15.6. The van der Waals surface area contributed by atoms with Crippen LogP contribution in [-0.2, 0) is 12.6 Å². The fourth-order valence-corrected chi connectivity index (χ4v) is 3.63. The summed E-state index contributed by atoms with van der Waals surface area (Å²) in [6.07, 6.45) is -2.55. The highest BCUT2D eigenvalue weighted by atomic mass is 19.4. The molecular weight excluding hydrogens is 369 g/mol. The molecule has 28 heavy (non-hydrogen) atoms. The molecular formula is C21H23F3N2O2. The Balaban J connectivity index is 1.62. The summed E-state index contributed by atoms with van der Waals surface area (Å²) in [7, 11) is 1.59. The molecule has 0 aromatic heterocycles. The fourth-order valence-electron chi connectivity index (χ4n) is 3.63. The number of benzene rings is 2. The van der Waals surface area contributed by atoms with Crippen LogP contribution in [0.4, 0.5) is 18.0 Å². The molecule has 1 aliphatic rings. The summed E-state index contributed by atoms with van der Waals surface area (Å²) in [5, 5.41) is 2.77. The molecule has 2 amide bonds. The van der Waals surface area contributed by atoms with Crippen LogP contribution in [0, 0.1) is 0 Å². The molecule has 0 bridgehead atoms. The number of hydrogen-bond acceptors (Lipinski definition) is 2. The van der Waals surface area contributed by atoms with Gasteiger partial charge < -0.3 is 15.0 Å². The molecule has 1 unspecified atom stereocenters. The lowest BCUT2D eigenvalue weighted by Gasteiger charge is -2.25. The number of rotatable bonds is 5. The Labute approximate surface area is 162 Å². The maximum absolute atomic E-state index is 13.1. The molecule has 3 rings (SSSR count). The van der Waals surface area contributed by atoms with E-state index in [-0.39, 0.29) is 30.6 Å². The molecule has 0 aliphatic carbocycles. The van der Waals surface area contributed by atoms with E-state index in [1.807, 2.05) is 24.3 Å². The summed E-state index contributed by atoms with van der Waals surface area (Å²) in [4.78, 5) is 14.4. The van der Waals surface area contributed by atoms with Crippen molar-refractivity contribution < 1.29 is 22.7 Å². The minimum atomic E-state index is -4.40. The van der Waals surface area contributed by atoms with Crippen molar-refractivity contribution in [3.05, 3.63) is 65.2 Å². The average molecular weight is 392 g/mol. The number of likely N-dealkylation sites (tertiary alicyclic amines) is 1. The number of hydrogen-bond donors (Lipinski definition) is 1. The van der Waals surface area contributed by atoms with E-state index in [1.54, 1.807) is 18.1 Å². The molecule has 150 valence electrons. The summed E-state index contributed by atoms with van der Waals surface area (Å²) < 4.78 is 44.5. The van der Waals surface area contributed by atoms with Crippen LogP contribution in [0.15, 0.2) is 48.5 Å². The Morgan fingerprint density at radius 1 is 1.21 bits per heavy atom. The van der Waals surface area contributed by atoms with E-state index >= 15 is 0 Å². The predicted molar refractivity (Wildman–Crippen MR) is 100 cm³/mol. The Hall–Kier alpha value is -2.70. The van der Waals surface area contributed by atoms with E-state index in [0.29, 0.717) is 6.54 Å². The first kappa shape index (κ1) is 20.0. The van der Waals surface area contributed by atoms with E-state index in [2.05, 4.69) is 5.32 Å². The number of halogens is 3. The highest BCUT2D eigenvalue weighted by Gasteiger charge is 2.33. The Morgan fingerprint density at radius 3 is 2.75 bits per heavy atom. The number of urea groups is 1. The first-order valence-electron chi connectivity index (χ1n) is 9.23. The van der Waals surface area contributed by atoms with Crippen molar-refractivity contribution >= 4 is 6.03 Å². The highest BCUT2D eigenvalue weighted by Crippen LogP contribution is 2.34. The van der Waals surface area contributed by atoms with Crippen molar-refractivity contribution in [1.29, 1.82) is 0 Å². The lowest BCUT2D eigenvalue weighted by atomic mass is 10.0. The third kappa shape index (κ3) is 4.58. The minimum absolute atomic E-state index is 0.0578. The summed E-state index contributed by atoms with van der Waals surface area (Å²) in [5.41, 5.74) is 0.523. The molecule has 1 aliphatic heterocycles. The molecule has 2 aromatic rings. The van der Waals surface area contributed by atoms with Gasteiger partial charge in [-0.25, -0.2) is 4.79 Å². The molecule has 7 heteroatoms. The van der Waals surface area contributed by atoms with Gasteiger partial charge in [0.15, 0.2) is 0 Å². The normalized spacial score (nSPS) is 16.9. The molecule has 1 heterocycles. The molecule has 1 N–H and O–H groups in total. The van der Waals surface area contributed by atoms with Gasteiger partial charge in [0.2, 0.25) is 0 Å². The lowest BCUT2D eigenvalue weighted by molar-refractivity contribution is -0.138. The fraction of sp³-hybridized carbons (Fsp3) is 0.381. The average Bonchev–Trinajstić information content (AvgIpc) is 3.17. The molecule has 0 radical (unpaired) electrons. The zero-order valence-corrected chi connectivity index (χ0v) is 15.6. The number of ether oxygens (including phenoxy) is 1. The first-order valence-corrected chi connectivity index (χ1v) is 9.23. The van der Waals surface area contributed by atoms with Crippen LogP contribution in [0.3, 0.4) is 0 Å². The number of amides is 2. The monoisotopic (exact) mass is 392 g/mol. The van der Waals surface area contributed by atoms with E-state index < -0.39 is 11.7 Å². The number of nitrogens with one attached hydrogen (secondary N) is 1. The van der Waals surface area contributed by atoms with Crippen LogP contribution in [0.25, 0.3) is 0 Å². The second-order valence-corrected chi connectivity index (χ2v) is 6.76. The van der Waals surface area contributed by atoms with Crippen LogP contribution in [0.5, 0.6) is 5.75 Å². The van der Waals surface area contributed by atoms with Gasteiger partial charge in [-0.05, 0) is 48.6 Å². The third-order valence-electron chi connectivity index (χ3n) is 4.99. The van der Waals surface area contributed by atoms with Crippen molar-refractivity contribution in [2.24, 2.45) is 0 Å². The Morgan fingerprint density at radius 2 is 2.00 bits per heavy atom. The third-order valence-corrected chi connectivity index (χ3v) is 4.99. The number of nitrogens with zero attached hydrogens (tertiary/aromatic N) is 1. The van der Waals surface area contributed by atoms with Crippen molar-refractivity contribution in [2.75, 3.05) is 20.2 Å². The van der Waals surface area contributed by atoms with Crippen molar-refractivity contribution in [1.82, 2.24) is 10.2 Å². The SMILES string of the molecule is COc1cccc(C2CCCN2C(=O)NCCc2ccccc2C(F)(F)F)c1.